The molecule has 4 aromatic rings. The van der Waals surface area contributed by atoms with Gasteiger partial charge in [-0.05, 0) is 30.5 Å². The first-order valence-electron chi connectivity index (χ1n) is 10.7. The van der Waals surface area contributed by atoms with Crippen molar-refractivity contribution in [3.8, 4) is 0 Å². The van der Waals surface area contributed by atoms with Gasteiger partial charge in [0.25, 0.3) is 5.56 Å². The summed E-state index contributed by atoms with van der Waals surface area (Å²) in [5.41, 5.74) is 0.191. The highest BCUT2D eigenvalue weighted by Crippen LogP contribution is 2.38. The SMILES string of the molecule is CCOC(=O)c1c(C(O)c2ccnc3ccccc23)sc2c1c(=O)n(C)c(=O)n2CC(C)C. The van der Waals surface area contributed by atoms with Crippen molar-refractivity contribution in [2.75, 3.05) is 6.61 Å². The summed E-state index contributed by atoms with van der Waals surface area (Å²) < 4.78 is 7.76. The van der Waals surface area contributed by atoms with Gasteiger partial charge in [0.1, 0.15) is 10.9 Å². The highest BCUT2D eigenvalue weighted by Gasteiger charge is 2.31. The number of ether oxygens (including phenoxy) is 1. The van der Waals surface area contributed by atoms with Crippen molar-refractivity contribution < 1.29 is 14.6 Å². The minimum atomic E-state index is -1.22. The van der Waals surface area contributed by atoms with Crippen molar-refractivity contribution in [1.82, 2.24) is 14.1 Å². The number of hydrogen-bond acceptors (Lipinski definition) is 7. The average Bonchev–Trinajstić information content (AvgIpc) is 3.20. The number of aliphatic hydroxyl groups is 1. The van der Waals surface area contributed by atoms with E-state index in [1.54, 1.807) is 19.2 Å². The van der Waals surface area contributed by atoms with E-state index in [0.717, 1.165) is 21.3 Å². The second kappa shape index (κ2) is 8.92. The van der Waals surface area contributed by atoms with Gasteiger partial charge in [-0.25, -0.2) is 9.59 Å². The van der Waals surface area contributed by atoms with Gasteiger partial charge in [-0.1, -0.05) is 32.0 Å². The number of thiophene rings is 1. The number of esters is 1. The highest BCUT2D eigenvalue weighted by molar-refractivity contribution is 7.19. The molecule has 9 heteroatoms. The Kier molecular flexibility index (Phi) is 6.18. The van der Waals surface area contributed by atoms with Crippen LogP contribution in [0.3, 0.4) is 0 Å². The Morgan fingerprint density at radius 1 is 1.21 bits per heavy atom. The lowest BCUT2D eigenvalue weighted by atomic mass is 10.00. The number of pyridine rings is 1. The van der Waals surface area contributed by atoms with Crippen molar-refractivity contribution >= 4 is 38.4 Å². The minimum Gasteiger partial charge on any atom is -0.462 e. The number of aliphatic hydroxyl groups excluding tert-OH is 1. The summed E-state index contributed by atoms with van der Waals surface area (Å²) in [5.74, 6) is -0.586. The molecule has 0 saturated heterocycles. The van der Waals surface area contributed by atoms with E-state index < -0.39 is 23.3 Å². The molecule has 33 heavy (non-hydrogen) atoms. The second-order valence-electron chi connectivity index (χ2n) is 8.21. The van der Waals surface area contributed by atoms with E-state index in [4.69, 9.17) is 4.74 Å². The Hall–Kier alpha value is -3.30. The Morgan fingerprint density at radius 2 is 1.94 bits per heavy atom. The average molecular weight is 468 g/mol. The predicted octanol–water partition coefficient (Wildman–Crippen LogP) is 3.22. The van der Waals surface area contributed by atoms with Gasteiger partial charge in [-0.3, -0.25) is 18.9 Å². The molecule has 4 rings (SSSR count). The third-order valence-corrected chi connectivity index (χ3v) is 6.72. The van der Waals surface area contributed by atoms with Crippen molar-refractivity contribution in [2.45, 2.75) is 33.4 Å². The van der Waals surface area contributed by atoms with Gasteiger partial charge in [-0.2, -0.15) is 0 Å². The van der Waals surface area contributed by atoms with Crippen LogP contribution >= 0.6 is 11.3 Å². The van der Waals surface area contributed by atoms with Gasteiger partial charge in [0.2, 0.25) is 0 Å². The van der Waals surface area contributed by atoms with Crippen LogP contribution in [0.2, 0.25) is 0 Å². The summed E-state index contributed by atoms with van der Waals surface area (Å²) in [4.78, 5) is 44.1. The molecule has 1 unspecified atom stereocenters. The maximum absolute atomic E-state index is 13.2. The van der Waals surface area contributed by atoms with Crippen molar-refractivity contribution in [2.24, 2.45) is 13.0 Å². The Labute approximate surface area is 193 Å². The van der Waals surface area contributed by atoms with Crippen LogP contribution in [0.15, 0.2) is 46.1 Å². The third kappa shape index (κ3) is 3.87. The molecule has 8 nitrogen and oxygen atoms in total. The summed E-state index contributed by atoms with van der Waals surface area (Å²) in [6, 6.07) is 9.05. The number of benzene rings is 1. The van der Waals surface area contributed by atoms with Crippen LogP contribution in [-0.2, 0) is 18.3 Å². The summed E-state index contributed by atoms with van der Waals surface area (Å²) in [6.45, 7) is 6.06. The topological polar surface area (TPSA) is 103 Å². The molecule has 1 N–H and O–H groups in total. The first-order chi connectivity index (χ1) is 15.8. The molecule has 0 radical (unpaired) electrons. The molecule has 3 heterocycles. The second-order valence-corrected chi connectivity index (χ2v) is 9.24. The van der Waals surface area contributed by atoms with Crippen molar-refractivity contribution in [1.29, 1.82) is 0 Å². The molecule has 1 aromatic carbocycles. The smallest absolute Gasteiger partial charge is 0.340 e. The Bertz CT molecular complexity index is 1480. The van der Waals surface area contributed by atoms with E-state index >= 15 is 0 Å². The molecule has 0 aliphatic carbocycles. The largest absolute Gasteiger partial charge is 0.462 e. The zero-order valence-corrected chi connectivity index (χ0v) is 19.7. The zero-order chi connectivity index (χ0) is 23.9. The number of nitrogens with zero attached hydrogens (tertiary/aromatic N) is 3. The molecule has 0 aliphatic rings. The third-order valence-electron chi connectivity index (χ3n) is 5.45. The maximum Gasteiger partial charge on any atom is 0.340 e. The monoisotopic (exact) mass is 467 g/mol. The summed E-state index contributed by atoms with van der Waals surface area (Å²) in [6.07, 6.45) is 0.369. The van der Waals surface area contributed by atoms with Gasteiger partial charge >= 0.3 is 11.7 Å². The van der Waals surface area contributed by atoms with Gasteiger partial charge < -0.3 is 9.84 Å². The Balaban J connectivity index is 2.08. The van der Waals surface area contributed by atoms with Crippen molar-refractivity contribution in [3.05, 3.63) is 73.4 Å². The molecule has 172 valence electrons. The molecule has 1 atom stereocenters. The number of rotatable bonds is 6. The number of carbonyl (C=O) groups excluding carboxylic acids is 1. The molecule has 0 aliphatic heterocycles. The van der Waals surface area contributed by atoms with Crippen LogP contribution in [0.1, 0.15) is 47.7 Å². The standard InChI is InChI=1S/C24H25N3O5S/c1-5-32-23(30)17-18-21(29)26(4)24(31)27(12-13(2)3)22(18)33-20(17)19(28)15-10-11-25-16-9-7-6-8-14(15)16/h6-11,13,19,28H,5,12H2,1-4H3. The highest BCUT2D eigenvalue weighted by atomic mass is 32.1. The zero-order valence-electron chi connectivity index (χ0n) is 18.9. The molecule has 3 aromatic heterocycles. The van der Waals surface area contributed by atoms with Crippen LogP contribution in [0.5, 0.6) is 0 Å². The van der Waals surface area contributed by atoms with Crippen LogP contribution < -0.4 is 11.2 Å². The number of para-hydroxylation sites is 1. The molecule has 0 fully saturated rings. The number of fused-ring (bicyclic) bond motifs is 2. The number of carbonyl (C=O) groups is 1. The number of hydrogen-bond donors (Lipinski definition) is 1. The fraction of sp³-hybridized carbons (Fsp3) is 0.333. The predicted molar refractivity (Wildman–Crippen MR) is 128 cm³/mol. The minimum absolute atomic E-state index is 0.00310. The van der Waals surface area contributed by atoms with Crippen LogP contribution in [-0.4, -0.2) is 31.8 Å². The van der Waals surface area contributed by atoms with E-state index in [-0.39, 0.29) is 28.4 Å². The normalized spacial score (nSPS) is 12.5. The molecule has 0 saturated carbocycles. The van der Waals surface area contributed by atoms with Gasteiger partial charge in [0.15, 0.2) is 0 Å². The first kappa shape index (κ1) is 22.9. The van der Waals surface area contributed by atoms with Gasteiger partial charge in [-0.15, -0.1) is 11.3 Å². The van der Waals surface area contributed by atoms with Crippen LogP contribution in [0, 0.1) is 5.92 Å². The summed E-state index contributed by atoms with van der Waals surface area (Å²) >= 11 is 1.07. The quantitative estimate of drug-likeness (QED) is 0.437. The first-order valence-corrected chi connectivity index (χ1v) is 11.5. The molecule has 0 amide bonds. The number of aromatic nitrogens is 3. The van der Waals surface area contributed by atoms with Crippen LogP contribution in [0.25, 0.3) is 21.1 Å². The van der Waals surface area contributed by atoms with Gasteiger partial charge in [0, 0.05) is 25.2 Å². The van der Waals surface area contributed by atoms with E-state index in [0.29, 0.717) is 22.5 Å². The fourth-order valence-corrected chi connectivity index (χ4v) is 5.26. The van der Waals surface area contributed by atoms with Crippen molar-refractivity contribution in [3.63, 3.8) is 0 Å². The van der Waals surface area contributed by atoms with E-state index in [1.807, 2.05) is 38.1 Å². The lowest BCUT2D eigenvalue weighted by Gasteiger charge is -2.14. The maximum atomic E-state index is 13.2. The summed E-state index contributed by atoms with van der Waals surface area (Å²) in [7, 11) is 1.39. The van der Waals surface area contributed by atoms with E-state index in [1.165, 1.54) is 11.6 Å². The molecular formula is C24H25N3O5S. The lowest BCUT2D eigenvalue weighted by molar-refractivity contribution is 0.0524. The lowest BCUT2D eigenvalue weighted by Crippen LogP contribution is -2.38. The van der Waals surface area contributed by atoms with E-state index in [2.05, 4.69) is 4.98 Å². The molecular weight excluding hydrogens is 442 g/mol. The van der Waals surface area contributed by atoms with Crippen LogP contribution in [0.4, 0.5) is 0 Å². The Morgan fingerprint density at radius 3 is 2.64 bits per heavy atom. The molecule has 0 spiro atoms. The summed E-state index contributed by atoms with van der Waals surface area (Å²) in [5, 5.41) is 12.3. The van der Waals surface area contributed by atoms with E-state index in [9.17, 15) is 19.5 Å². The molecule has 0 bridgehead atoms. The van der Waals surface area contributed by atoms with Gasteiger partial charge in [0.05, 0.1) is 28.0 Å². The fourth-order valence-electron chi connectivity index (χ4n) is 3.97.